The van der Waals surface area contributed by atoms with Crippen LogP contribution in [0.3, 0.4) is 0 Å². The van der Waals surface area contributed by atoms with Crippen LogP contribution in [0.25, 0.3) is 0 Å². The molecule has 0 aromatic carbocycles. The molecule has 1 rings (SSSR count). The first-order chi connectivity index (χ1) is 7.56. The molecule has 1 unspecified atom stereocenters. The third kappa shape index (κ3) is 3.23. The second kappa shape index (κ2) is 4.89. The highest BCUT2D eigenvalue weighted by molar-refractivity contribution is 6.74. The molecule has 0 radical (unpaired) electrons. The van der Waals surface area contributed by atoms with Crippen molar-refractivity contribution in [2.24, 2.45) is 17.8 Å². The molecule has 1 saturated carbocycles. The minimum absolute atomic E-state index is 0.307. The summed E-state index contributed by atoms with van der Waals surface area (Å²) in [4.78, 5) is 0. The molecule has 1 aliphatic carbocycles. The molecule has 0 aromatic rings. The second-order valence-corrected chi connectivity index (χ2v) is 12.2. The van der Waals surface area contributed by atoms with Crippen LogP contribution in [0.1, 0.15) is 41.0 Å². The monoisotopic (exact) mass is 254 g/mol. The van der Waals surface area contributed by atoms with Crippen LogP contribution in [0.4, 0.5) is 0 Å². The molecule has 0 amide bonds. The Kier molecular flexibility index (Phi) is 4.31. The highest BCUT2D eigenvalue weighted by Gasteiger charge is 2.40. The lowest BCUT2D eigenvalue weighted by molar-refractivity contribution is 0.210. The summed E-state index contributed by atoms with van der Waals surface area (Å²) in [5, 5.41) is 0.307. The summed E-state index contributed by atoms with van der Waals surface area (Å²) >= 11 is 0. The van der Waals surface area contributed by atoms with Gasteiger partial charge in [-0.3, -0.25) is 0 Å². The Morgan fingerprint density at radius 2 is 1.82 bits per heavy atom. The van der Waals surface area contributed by atoms with Crippen molar-refractivity contribution >= 4 is 8.32 Å². The van der Waals surface area contributed by atoms with E-state index in [4.69, 9.17) is 4.43 Å². The Hall–Kier alpha value is -0.0831. The maximum absolute atomic E-state index is 6.35. The highest BCUT2D eigenvalue weighted by atomic mass is 28.4. The van der Waals surface area contributed by atoms with Crippen LogP contribution in [0.5, 0.6) is 0 Å². The lowest BCUT2D eigenvalue weighted by Gasteiger charge is -2.37. The predicted molar refractivity (Wildman–Crippen MR) is 78.7 cm³/mol. The van der Waals surface area contributed by atoms with Crippen LogP contribution < -0.4 is 0 Å². The van der Waals surface area contributed by atoms with E-state index in [0.717, 1.165) is 18.4 Å². The topological polar surface area (TPSA) is 9.23 Å². The summed E-state index contributed by atoms with van der Waals surface area (Å²) in [7, 11) is -1.59. The first kappa shape index (κ1) is 15.0. The van der Waals surface area contributed by atoms with Crippen LogP contribution in [-0.2, 0) is 4.43 Å². The minimum Gasteiger partial charge on any atom is -0.416 e. The minimum atomic E-state index is -1.59. The Morgan fingerprint density at radius 3 is 2.18 bits per heavy atom. The first-order valence-electron chi connectivity index (χ1n) is 6.88. The lowest BCUT2D eigenvalue weighted by atomic mass is 9.92. The molecular formula is C15H30OSi. The smallest absolute Gasteiger partial charge is 0.192 e. The Labute approximate surface area is 109 Å². The number of hydrogen-bond donors (Lipinski definition) is 0. The average molecular weight is 254 g/mol. The second-order valence-electron chi connectivity index (χ2n) is 7.38. The van der Waals surface area contributed by atoms with Gasteiger partial charge in [0.25, 0.3) is 0 Å². The molecule has 0 aliphatic heterocycles. The van der Waals surface area contributed by atoms with Crippen molar-refractivity contribution in [3.05, 3.63) is 12.2 Å². The van der Waals surface area contributed by atoms with Gasteiger partial charge in [-0.1, -0.05) is 46.8 Å². The molecule has 100 valence electrons. The third-order valence-electron chi connectivity index (χ3n) is 5.07. The fourth-order valence-corrected chi connectivity index (χ4v) is 3.33. The van der Waals surface area contributed by atoms with E-state index >= 15 is 0 Å². The largest absolute Gasteiger partial charge is 0.416 e. The summed E-state index contributed by atoms with van der Waals surface area (Å²) < 4.78 is 6.35. The lowest BCUT2D eigenvalue weighted by Crippen LogP contribution is -2.42. The van der Waals surface area contributed by atoms with Gasteiger partial charge in [0, 0.05) is 12.5 Å². The van der Waals surface area contributed by atoms with E-state index in [-0.39, 0.29) is 0 Å². The molecule has 0 heterocycles. The van der Waals surface area contributed by atoms with Crippen LogP contribution in [0, 0.1) is 17.8 Å². The molecule has 2 heteroatoms. The van der Waals surface area contributed by atoms with E-state index in [9.17, 15) is 0 Å². The van der Waals surface area contributed by atoms with Gasteiger partial charge >= 0.3 is 0 Å². The first-order valence-corrected chi connectivity index (χ1v) is 9.78. The molecule has 1 aliphatic rings. The quantitative estimate of drug-likeness (QED) is 0.516. The third-order valence-corrected chi connectivity index (χ3v) is 9.57. The predicted octanol–water partition coefficient (Wildman–Crippen LogP) is 4.86. The zero-order valence-electron chi connectivity index (χ0n) is 12.8. The number of hydrogen-bond acceptors (Lipinski definition) is 1. The molecule has 0 N–H and O–H groups in total. The van der Waals surface area contributed by atoms with Crippen molar-refractivity contribution in [2.75, 3.05) is 6.61 Å². The zero-order valence-corrected chi connectivity index (χ0v) is 13.8. The zero-order chi connectivity index (χ0) is 13.4. The molecule has 1 nitrogen and oxygen atoms in total. The summed E-state index contributed by atoms with van der Waals surface area (Å²) in [6, 6.07) is 0. The van der Waals surface area contributed by atoms with Crippen LogP contribution in [-0.4, -0.2) is 14.9 Å². The van der Waals surface area contributed by atoms with Gasteiger partial charge in [-0.2, -0.15) is 0 Å². The maximum atomic E-state index is 6.35. The Balaban J connectivity index is 2.60. The Morgan fingerprint density at radius 1 is 1.29 bits per heavy atom. The SMILES string of the molecule is C=C1CC(C)[C@@H](C)[C@@H]1CO[Si](C)(C)C(C)(C)C. The highest BCUT2D eigenvalue weighted by Crippen LogP contribution is 2.42. The maximum Gasteiger partial charge on any atom is 0.192 e. The van der Waals surface area contributed by atoms with Gasteiger partial charge in [0.05, 0.1) is 0 Å². The molecule has 0 aromatic heterocycles. The summed E-state index contributed by atoms with van der Waals surface area (Å²) in [5.41, 5.74) is 1.41. The van der Waals surface area contributed by atoms with Crippen LogP contribution >= 0.6 is 0 Å². The van der Waals surface area contributed by atoms with Crippen molar-refractivity contribution in [2.45, 2.75) is 59.2 Å². The summed E-state index contributed by atoms with van der Waals surface area (Å²) in [5.74, 6) is 2.09. The molecule has 17 heavy (non-hydrogen) atoms. The normalized spacial score (nSPS) is 31.0. The van der Waals surface area contributed by atoms with E-state index < -0.39 is 8.32 Å². The fraction of sp³-hybridized carbons (Fsp3) is 0.867. The molecule has 0 spiro atoms. The van der Waals surface area contributed by atoms with Crippen molar-refractivity contribution in [3.8, 4) is 0 Å². The van der Waals surface area contributed by atoms with E-state index in [1.807, 2.05) is 0 Å². The van der Waals surface area contributed by atoms with E-state index in [1.165, 1.54) is 12.0 Å². The van der Waals surface area contributed by atoms with Crippen molar-refractivity contribution in [1.82, 2.24) is 0 Å². The molecule has 0 bridgehead atoms. The van der Waals surface area contributed by atoms with Gasteiger partial charge in [-0.25, -0.2) is 0 Å². The molecule has 1 fully saturated rings. The molecular weight excluding hydrogens is 224 g/mol. The van der Waals surface area contributed by atoms with Gasteiger partial charge in [-0.05, 0) is 36.4 Å². The summed E-state index contributed by atoms with van der Waals surface area (Å²) in [6.45, 7) is 21.4. The van der Waals surface area contributed by atoms with E-state index in [2.05, 4.69) is 54.3 Å². The van der Waals surface area contributed by atoms with Gasteiger partial charge in [0.15, 0.2) is 8.32 Å². The van der Waals surface area contributed by atoms with Crippen LogP contribution in [0.15, 0.2) is 12.2 Å². The van der Waals surface area contributed by atoms with Crippen molar-refractivity contribution in [1.29, 1.82) is 0 Å². The van der Waals surface area contributed by atoms with Gasteiger partial charge in [0.2, 0.25) is 0 Å². The van der Waals surface area contributed by atoms with E-state index in [1.54, 1.807) is 0 Å². The average Bonchev–Trinajstić information content (AvgIpc) is 2.37. The standard InChI is InChI=1S/C15H30OSi/c1-11-9-12(2)14(13(11)3)10-16-17(7,8)15(4,5)6/h11,13-14H,2,9-10H2,1,3-8H3/t11?,13-,14-/m1/s1. The van der Waals surface area contributed by atoms with E-state index in [0.29, 0.717) is 11.0 Å². The summed E-state index contributed by atoms with van der Waals surface area (Å²) in [6.07, 6.45) is 1.19. The van der Waals surface area contributed by atoms with Crippen molar-refractivity contribution < 1.29 is 4.43 Å². The molecule has 0 saturated heterocycles. The van der Waals surface area contributed by atoms with Gasteiger partial charge < -0.3 is 4.43 Å². The van der Waals surface area contributed by atoms with Crippen LogP contribution in [0.2, 0.25) is 18.1 Å². The molecule has 3 atom stereocenters. The Bertz CT molecular complexity index is 288. The van der Waals surface area contributed by atoms with Crippen molar-refractivity contribution in [3.63, 3.8) is 0 Å². The number of rotatable bonds is 3. The fourth-order valence-electron chi connectivity index (χ4n) is 2.30. The van der Waals surface area contributed by atoms with Gasteiger partial charge in [0.1, 0.15) is 0 Å². The van der Waals surface area contributed by atoms with Gasteiger partial charge in [-0.15, -0.1) is 0 Å².